The average Bonchev–Trinajstić information content (AvgIpc) is 3.30. The molecule has 430 valence electrons. The van der Waals surface area contributed by atoms with Crippen LogP contribution in [0.15, 0.2) is 0 Å². The summed E-state index contributed by atoms with van der Waals surface area (Å²) >= 11 is 0. The summed E-state index contributed by atoms with van der Waals surface area (Å²) in [6, 6.07) is 0. The first-order chi connectivity index (χ1) is 34.0. The Hall–Kier alpha value is -0.610. The molecule has 0 saturated carbocycles. The second kappa shape index (κ2) is 37.2. The van der Waals surface area contributed by atoms with Crippen LogP contribution >= 0.6 is 0 Å². The van der Waals surface area contributed by atoms with Gasteiger partial charge in [-0.3, -0.25) is 4.55 Å². The lowest BCUT2D eigenvalue weighted by Crippen LogP contribution is -2.64. The van der Waals surface area contributed by atoms with Crippen molar-refractivity contribution in [2.75, 3.05) is 39.6 Å². The molecule has 16 nitrogen and oxygen atoms in total. The fourth-order valence-electron chi connectivity index (χ4n) is 9.97. The van der Waals surface area contributed by atoms with Crippen molar-refractivity contribution in [3.63, 3.8) is 0 Å². The molecule has 72 heavy (non-hydrogen) atoms. The molecule has 0 amide bonds. The molecule has 2 heterocycles. The number of rotatable bonds is 42. The number of aliphatic hydroxyl groups excluding tert-OH is 6. The standard InChI is InChI=1S/C55H108O16S/c1-37(2)17-11-19-39(5)21-13-23-41(7)25-15-27-43(9)29-31-65-34-45(66-32-30-44(10)28-16-26-42(8)24-14-22-40(6)20-12-18-38(3)4)35-67-55-53(51(60)48(57)46(33-56)69-55)71-54-52(61)50(59)49(58)47(70-54)36-68-72(62,63)64/h37-61H,11-36H2,1-10H3,(H,62,63,64)/t39?,40?,41?,42?,43?,44?,45?,46-,47-,48-,49-,50+,51+,52+,53-,54-,55+/m1/s1. The van der Waals surface area contributed by atoms with Crippen LogP contribution in [0.2, 0.25) is 0 Å². The van der Waals surface area contributed by atoms with Gasteiger partial charge in [-0.05, 0) is 60.2 Å². The van der Waals surface area contributed by atoms with Crippen LogP contribution in [-0.2, 0) is 43.0 Å². The van der Waals surface area contributed by atoms with Gasteiger partial charge in [0.05, 0.1) is 26.4 Å². The van der Waals surface area contributed by atoms with Gasteiger partial charge in [0.15, 0.2) is 12.6 Å². The van der Waals surface area contributed by atoms with Gasteiger partial charge in [-0.25, -0.2) is 4.18 Å². The van der Waals surface area contributed by atoms with E-state index in [9.17, 15) is 39.1 Å². The van der Waals surface area contributed by atoms with Gasteiger partial charge in [0, 0.05) is 13.2 Å². The smallest absolute Gasteiger partial charge is 0.394 e. The van der Waals surface area contributed by atoms with Crippen LogP contribution in [0.3, 0.4) is 0 Å². The Balaban J connectivity index is 2.00. The van der Waals surface area contributed by atoms with Crippen LogP contribution in [0.4, 0.5) is 0 Å². The predicted octanol–water partition coefficient (Wildman–Crippen LogP) is 8.79. The lowest BCUT2D eigenvalue weighted by molar-refractivity contribution is -0.368. The monoisotopic (exact) mass is 1060 g/mol. The molecule has 0 radical (unpaired) electrons. The maximum atomic E-state index is 11.2. The minimum absolute atomic E-state index is 0.113. The van der Waals surface area contributed by atoms with Gasteiger partial charge >= 0.3 is 10.4 Å². The van der Waals surface area contributed by atoms with Crippen LogP contribution < -0.4 is 0 Å². The largest absolute Gasteiger partial charge is 0.397 e. The number of ether oxygens (including phenoxy) is 6. The minimum atomic E-state index is -4.96. The Bertz CT molecular complexity index is 1440. The normalized spacial score (nSPS) is 28.3. The van der Waals surface area contributed by atoms with Gasteiger partial charge in [-0.15, -0.1) is 0 Å². The number of hydrogen-bond acceptors (Lipinski definition) is 15. The van der Waals surface area contributed by atoms with Crippen molar-refractivity contribution in [2.24, 2.45) is 47.3 Å². The Kier molecular flexibility index (Phi) is 34.9. The summed E-state index contributed by atoms with van der Waals surface area (Å²) in [7, 11) is -4.96. The zero-order valence-corrected chi connectivity index (χ0v) is 47.4. The van der Waals surface area contributed by atoms with Crippen LogP contribution in [0, 0.1) is 47.3 Å². The lowest BCUT2D eigenvalue weighted by Gasteiger charge is -2.46. The van der Waals surface area contributed by atoms with Gasteiger partial charge in [-0.1, -0.05) is 185 Å². The summed E-state index contributed by atoms with van der Waals surface area (Å²) in [4.78, 5) is 0. The predicted molar refractivity (Wildman–Crippen MR) is 280 cm³/mol. The Morgan fingerprint density at radius 3 is 1.31 bits per heavy atom. The Labute approximate surface area is 437 Å². The second-order valence-electron chi connectivity index (χ2n) is 23.5. The summed E-state index contributed by atoms with van der Waals surface area (Å²) in [5, 5.41) is 63.9. The minimum Gasteiger partial charge on any atom is -0.394 e. The molecule has 17 atom stereocenters. The maximum Gasteiger partial charge on any atom is 0.397 e. The zero-order valence-electron chi connectivity index (χ0n) is 46.6. The van der Waals surface area contributed by atoms with Crippen molar-refractivity contribution in [1.82, 2.24) is 0 Å². The van der Waals surface area contributed by atoms with E-state index in [0.29, 0.717) is 36.9 Å². The molecular weight excluding hydrogens is 949 g/mol. The van der Waals surface area contributed by atoms with E-state index in [1.807, 2.05) is 0 Å². The van der Waals surface area contributed by atoms with Gasteiger partial charge in [-0.2, -0.15) is 8.42 Å². The fraction of sp³-hybridized carbons (Fsp3) is 1.00. The fourth-order valence-corrected chi connectivity index (χ4v) is 10.3. The third-order valence-corrected chi connectivity index (χ3v) is 15.6. The highest BCUT2D eigenvalue weighted by molar-refractivity contribution is 7.80. The summed E-state index contributed by atoms with van der Waals surface area (Å²) in [6.07, 6.45) is 6.83. The summed E-state index contributed by atoms with van der Waals surface area (Å²) < 4.78 is 71.9. The third-order valence-electron chi connectivity index (χ3n) is 15.2. The summed E-state index contributed by atoms with van der Waals surface area (Å²) in [5.74, 6) is 5.46. The van der Waals surface area contributed by atoms with Crippen LogP contribution in [0.25, 0.3) is 0 Å². The molecule has 0 spiro atoms. The summed E-state index contributed by atoms with van der Waals surface area (Å²) in [5.41, 5.74) is 0. The van der Waals surface area contributed by atoms with Gasteiger partial charge in [0.1, 0.15) is 54.9 Å². The molecule has 2 aliphatic heterocycles. The van der Waals surface area contributed by atoms with Gasteiger partial charge in [0.2, 0.25) is 0 Å². The Morgan fingerprint density at radius 1 is 0.472 bits per heavy atom. The van der Waals surface area contributed by atoms with Gasteiger partial charge in [0.25, 0.3) is 0 Å². The Morgan fingerprint density at radius 2 is 0.875 bits per heavy atom. The number of hydrogen-bond donors (Lipinski definition) is 7. The van der Waals surface area contributed by atoms with Crippen LogP contribution in [0.5, 0.6) is 0 Å². The summed E-state index contributed by atoms with van der Waals surface area (Å²) in [6.45, 7) is 22.6. The van der Waals surface area contributed by atoms with Crippen molar-refractivity contribution in [1.29, 1.82) is 0 Å². The molecule has 17 heteroatoms. The van der Waals surface area contributed by atoms with E-state index < -0.39 is 91.1 Å². The SMILES string of the molecule is CC(C)CCCC(C)CCCC(C)CCCC(C)CCOCC(CO[C@H]1O[C@H](CO)[C@@H](O)[C@H](O)[C@H]1O[C@H]1O[C@H](COS(=O)(=O)O)[C@@H](O)[C@H](O)[C@@H]1O)OCCC(C)CCCC(C)CCCC(C)CCCC(C)C. The zero-order chi connectivity index (χ0) is 53.8. The second-order valence-corrected chi connectivity index (χ2v) is 24.6. The van der Waals surface area contributed by atoms with E-state index in [0.717, 1.165) is 55.8 Å². The van der Waals surface area contributed by atoms with E-state index in [-0.39, 0.29) is 13.2 Å². The van der Waals surface area contributed by atoms with Crippen molar-refractivity contribution >= 4 is 10.4 Å². The average molecular weight is 1060 g/mol. The highest BCUT2D eigenvalue weighted by Gasteiger charge is 2.51. The van der Waals surface area contributed by atoms with E-state index in [1.54, 1.807) is 0 Å². The highest BCUT2D eigenvalue weighted by atomic mass is 32.3. The lowest BCUT2D eigenvalue weighted by atomic mass is 9.91. The maximum absolute atomic E-state index is 11.2. The molecule has 0 aromatic heterocycles. The van der Waals surface area contributed by atoms with E-state index in [4.69, 9.17) is 33.0 Å². The van der Waals surface area contributed by atoms with Crippen molar-refractivity contribution in [3.8, 4) is 0 Å². The molecule has 2 fully saturated rings. The molecule has 2 aliphatic rings. The molecule has 2 saturated heterocycles. The molecule has 2 rings (SSSR count). The van der Waals surface area contributed by atoms with Crippen molar-refractivity contribution in [3.05, 3.63) is 0 Å². The molecular formula is C55H108O16S. The molecule has 0 bridgehead atoms. The highest BCUT2D eigenvalue weighted by Crippen LogP contribution is 2.31. The molecule has 0 aromatic rings. The first kappa shape index (κ1) is 67.5. The first-order valence-corrected chi connectivity index (χ1v) is 29.8. The van der Waals surface area contributed by atoms with Crippen molar-refractivity contribution in [2.45, 2.75) is 265 Å². The van der Waals surface area contributed by atoms with E-state index in [1.165, 1.54) is 96.3 Å². The third kappa shape index (κ3) is 29.2. The molecule has 0 aliphatic carbocycles. The quantitative estimate of drug-likeness (QED) is 0.0223. The van der Waals surface area contributed by atoms with Crippen LogP contribution in [-0.4, -0.2) is 151 Å². The molecule has 7 unspecified atom stereocenters. The molecule has 7 N–H and O–H groups in total. The van der Waals surface area contributed by atoms with E-state index >= 15 is 0 Å². The van der Waals surface area contributed by atoms with Crippen molar-refractivity contribution < 1.29 is 76.2 Å². The van der Waals surface area contributed by atoms with E-state index in [2.05, 4.69) is 73.4 Å². The number of aliphatic hydroxyl groups is 6. The van der Waals surface area contributed by atoms with Gasteiger partial charge < -0.3 is 59.1 Å². The molecule has 0 aromatic carbocycles. The first-order valence-electron chi connectivity index (χ1n) is 28.4. The topological polar surface area (TPSA) is 240 Å². The van der Waals surface area contributed by atoms with Crippen LogP contribution in [0.1, 0.15) is 198 Å².